The Hall–Kier alpha value is -3.86. The van der Waals surface area contributed by atoms with Gasteiger partial charge >= 0.3 is 0 Å². The normalized spacial score (nSPS) is 17.2. The van der Waals surface area contributed by atoms with Crippen molar-refractivity contribution in [1.29, 1.82) is 4.78 Å². The van der Waals surface area contributed by atoms with E-state index in [0.717, 1.165) is 0 Å². The van der Waals surface area contributed by atoms with Gasteiger partial charge in [-0.25, -0.2) is 27.7 Å². The monoisotopic (exact) mass is 497 g/mol. The van der Waals surface area contributed by atoms with Crippen LogP contribution in [0.5, 0.6) is 5.75 Å². The third-order valence-electron chi connectivity index (χ3n) is 5.91. The molecule has 0 aliphatic carbocycles. The first-order valence-corrected chi connectivity index (χ1v) is 12.6. The first kappa shape index (κ1) is 22.9. The van der Waals surface area contributed by atoms with Gasteiger partial charge < -0.3 is 9.14 Å². The van der Waals surface area contributed by atoms with Gasteiger partial charge in [0.25, 0.3) is 5.91 Å². The third kappa shape index (κ3) is 3.91. The van der Waals surface area contributed by atoms with E-state index in [1.54, 1.807) is 36.6 Å². The maximum atomic E-state index is 15.0. The fourth-order valence-corrected chi connectivity index (χ4v) is 4.69. The van der Waals surface area contributed by atoms with Gasteiger partial charge in [-0.2, -0.15) is 0 Å². The molecular weight excluding hydrogens is 476 g/mol. The van der Waals surface area contributed by atoms with Gasteiger partial charge in [0.05, 0.1) is 33.3 Å². The van der Waals surface area contributed by atoms with Gasteiger partial charge in [0.15, 0.2) is 17.7 Å². The van der Waals surface area contributed by atoms with E-state index in [2.05, 4.69) is 9.97 Å². The standard InChI is InChI=1S/C24H21F2N5O3S/c1-13-20(12-31-19-6-4-5-17(25)23(19)34-14(2)24(31)32)30-11-16(18(26)9-21(30)29-13)15-7-8-22(28-10-15)35(3,27)33/h4-11,14,27H,12H2,1-3H3/t14-,35?/m1/s1. The number of nitrogens with zero attached hydrogens (tertiary/aromatic N) is 4. The minimum absolute atomic E-state index is 0.00543. The molecule has 4 aromatic rings. The lowest BCUT2D eigenvalue weighted by atomic mass is 10.1. The second kappa shape index (κ2) is 8.12. The van der Waals surface area contributed by atoms with Crippen molar-refractivity contribution in [2.75, 3.05) is 11.2 Å². The average molecular weight is 498 g/mol. The largest absolute Gasteiger partial charge is 0.476 e. The number of amides is 1. The molecule has 5 rings (SSSR count). The molecule has 180 valence electrons. The Morgan fingerprint density at radius 3 is 2.66 bits per heavy atom. The highest BCUT2D eigenvalue weighted by molar-refractivity contribution is 7.91. The van der Waals surface area contributed by atoms with Crippen LogP contribution < -0.4 is 9.64 Å². The Bertz CT molecular complexity index is 1600. The van der Waals surface area contributed by atoms with Crippen LogP contribution in [0.2, 0.25) is 0 Å². The topological polar surface area (TPSA) is 101 Å². The molecule has 1 N–H and O–H groups in total. The van der Waals surface area contributed by atoms with Crippen LogP contribution in [0, 0.1) is 23.3 Å². The number of halogens is 2. The van der Waals surface area contributed by atoms with Crippen LogP contribution in [-0.4, -0.2) is 36.8 Å². The first-order chi connectivity index (χ1) is 16.5. The molecular formula is C24H21F2N5O3S. The molecule has 11 heteroatoms. The summed E-state index contributed by atoms with van der Waals surface area (Å²) in [6, 6.07) is 8.66. The molecule has 1 aliphatic rings. The molecule has 0 spiro atoms. The molecule has 4 heterocycles. The molecule has 0 saturated carbocycles. The Labute approximate surface area is 200 Å². The summed E-state index contributed by atoms with van der Waals surface area (Å²) in [5.74, 6) is -1.43. The van der Waals surface area contributed by atoms with E-state index in [9.17, 15) is 17.8 Å². The molecule has 0 saturated heterocycles. The van der Waals surface area contributed by atoms with E-state index in [4.69, 9.17) is 9.52 Å². The van der Waals surface area contributed by atoms with Crippen LogP contribution in [0.1, 0.15) is 18.3 Å². The van der Waals surface area contributed by atoms with Gasteiger partial charge in [-0.3, -0.25) is 9.69 Å². The number of hydrogen-bond donors (Lipinski definition) is 1. The van der Waals surface area contributed by atoms with Crippen LogP contribution in [-0.2, 0) is 21.1 Å². The highest BCUT2D eigenvalue weighted by Crippen LogP contribution is 2.37. The second-order valence-electron chi connectivity index (χ2n) is 8.41. The maximum Gasteiger partial charge on any atom is 0.268 e. The Kier molecular flexibility index (Phi) is 5.32. The van der Waals surface area contributed by atoms with Gasteiger partial charge in [-0.05, 0) is 38.1 Å². The third-order valence-corrected chi connectivity index (χ3v) is 6.95. The number of pyridine rings is 2. The fourth-order valence-electron chi connectivity index (χ4n) is 4.11. The Balaban J connectivity index is 1.60. The molecule has 3 aromatic heterocycles. The summed E-state index contributed by atoms with van der Waals surface area (Å²) in [6.07, 6.45) is 3.32. The average Bonchev–Trinajstić information content (AvgIpc) is 3.10. The lowest BCUT2D eigenvalue weighted by Gasteiger charge is -2.33. The molecule has 1 amide bonds. The minimum Gasteiger partial charge on any atom is -0.476 e. The number of para-hydroxylation sites is 1. The number of ether oxygens (including phenoxy) is 1. The number of hydrogen-bond acceptors (Lipinski definition) is 6. The van der Waals surface area contributed by atoms with E-state index in [1.807, 2.05) is 0 Å². The molecule has 0 fully saturated rings. The van der Waals surface area contributed by atoms with Crippen molar-refractivity contribution in [3.63, 3.8) is 0 Å². The Morgan fingerprint density at radius 1 is 1.20 bits per heavy atom. The molecule has 0 radical (unpaired) electrons. The van der Waals surface area contributed by atoms with Crippen molar-refractivity contribution in [3.05, 3.63) is 71.8 Å². The first-order valence-electron chi connectivity index (χ1n) is 10.7. The zero-order valence-corrected chi connectivity index (χ0v) is 19.9. The van der Waals surface area contributed by atoms with Crippen molar-refractivity contribution in [3.8, 4) is 16.9 Å². The summed E-state index contributed by atoms with van der Waals surface area (Å²) in [7, 11) is -3.00. The summed E-state index contributed by atoms with van der Waals surface area (Å²) >= 11 is 0. The van der Waals surface area contributed by atoms with Crippen LogP contribution in [0.4, 0.5) is 14.5 Å². The number of aryl methyl sites for hydroxylation is 1. The van der Waals surface area contributed by atoms with Crippen molar-refractivity contribution in [1.82, 2.24) is 14.4 Å². The summed E-state index contributed by atoms with van der Waals surface area (Å²) < 4.78 is 56.1. The predicted octanol–water partition coefficient (Wildman–Crippen LogP) is 4.33. The predicted molar refractivity (Wildman–Crippen MR) is 126 cm³/mol. The zero-order valence-electron chi connectivity index (χ0n) is 19.1. The number of fused-ring (bicyclic) bond motifs is 2. The van der Waals surface area contributed by atoms with E-state index in [1.165, 1.54) is 41.6 Å². The molecule has 1 unspecified atom stereocenters. The van der Waals surface area contributed by atoms with Gasteiger partial charge in [0.2, 0.25) is 0 Å². The van der Waals surface area contributed by atoms with E-state index < -0.39 is 27.5 Å². The number of benzene rings is 1. The van der Waals surface area contributed by atoms with Gasteiger partial charge in [0.1, 0.15) is 16.5 Å². The SMILES string of the molecule is Cc1nc2cc(F)c(-c3ccc(S(C)(=N)=O)nc3)cn2c1CN1C(=O)[C@@H](C)Oc2c(F)cccc21. The highest BCUT2D eigenvalue weighted by Gasteiger charge is 2.34. The van der Waals surface area contributed by atoms with Crippen LogP contribution in [0.15, 0.2) is 53.8 Å². The van der Waals surface area contributed by atoms with Crippen LogP contribution in [0.3, 0.4) is 0 Å². The molecule has 0 bridgehead atoms. The molecule has 2 atom stereocenters. The number of carbonyl (C=O) groups is 1. The van der Waals surface area contributed by atoms with E-state index in [-0.39, 0.29) is 28.8 Å². The van der Waals surface area contributed by atoms with Gasteiger partial charge in [-0.15, -0.1) is 0 Å². The number of aromatic nitrogens is 3. The summed E-state index contributed by atoms with van der Waals surface area (Å²) in [6.45, 7) is 3.37. The van der Waals surface area contributed by atoms with Crippen LogP contribution >= 0.6 is 0 Å². The number of nitrogens with one attached hydrogen (secondary N) is 1. The van der Waals surface area contributed by atoms with E-state index >= 15 is 0 Å². The van der Waals surface area contributed by atoms with Crippen LogP contribution in [0.25, 0.3) is 16.8 Å². The number of anilines is 1. The van der Waals surface area contributed by atoms with Crippen molar-refractivity contribution in [2.24, 2.45) is 0 Å². The number of carbonyl (C=O) groups excluding carboxylic acids is 1. The fraction of sp³-hybridized carbons (Fsp3) is 0.208. The van der Waals surface area contributed by atoms with Crippen molar-refractivity contribution < 1.29 is 22.5 Å². The molecule has 1 aliphatic heterocycles. The number of rotatable bonds is 4. The molecule has 35 heavy (non-hydrogen) atoms. The smallest absolute Gasteiger partial charge is 0.268 e. The summed E-state index contributed by atoms with van der Waals surface area (Å²) in [4.78, 5) is 22.9. The van der Waals surface area contributed by atoms with E-state index in [0.29, 0.717) is 28.3 Å². The lowest BCUT2D eigenvalue weighted by molar-refractivity contribution is -0.125. The quantitative estimate of drug-likeness (QED) is 0.452. The molecule has 8 nitrogen and oxygen atoms in total. The lowest BCUT2D eigenvalue weighted by Crippen LogP contribution is -2.44. The summed E-state index contributed by atoms with van der Waals surface area (Å²) in [5.41, 5.74) is 2.50. The maximum absolute atomic E-state index is 15.0. The van der Waals surface area contributed by atoms with Crippen molar-refractivity contribution >= 4 is 27.0 Å². The minimum atomic E-state index is -3.00. The molecule has 1 aromatic carbocycles. The van der Waals surface area contributed by atoms with Gasteiger partial charge in [0, 0.05) is 35.8 Å². The number of imidazole rings is 1. The summed E-state index contributed by atoms with van der Waals surface area (Å²) in [5, 5.41) is 0.104. The highest BCUT2D eigenvalue weighted by atomic mass is 32.2. The van der Waals surface area contributed by atoms with Crippen molar-refractivity contribution in [2.45, 2.75) is 31.5 Å². The Morgan fingerprint density at radius 2 is 1.97 bits per heavy atom. The zero-order chi connectivity index (χ0) is 25.1. The van der Waals surface area contributed by atoms with Gasteiger partial charge in [-0.1, -0.05) is 6.07 Å². The second-order valence-corrected chi connectivity index (χ2v) is 10.5.